The lowest BCUT2D eigenvalue weighted by Crippen LogP contribution is -2.10. The minimum atomic E-state index is -0.523. The van der Waals surface area contributed by atoms with Crippen molar-refractivity contribution in [2.45, 2.75) is 38.7 Å². The van der Waals surface area contributed by atoms with Gasteiger partial charge in [-0.1, -0.05) is 19.1 Å². The molecule has 2 heteroatoms. The van der Waals surface area contributed by atoms with Crippen LogP contribution in [0.15, 0.2) is 12.2 Å². The fraction of sp³-hybridized carbons (Fsp3) is 0.778. The Hall–Kier alpha value is -0.340. The lowest BCUT2D eigenvalue weighted by Gasteiger charge is -2.03. The van der Waals surface area contributed by atoms with E-state index in [4.69, 9.17) is 10.2 Å². The molecule has 0 radical (unpaired) electrons. The molecule has 0 aliphatic rings. The molecule has 0 saturated carbocycles. The summed E-state index contributed by atoms with van der Waals surface area (Å²) in [5.41, 5.74) is 0. The summed E-state index contributed by atoms with van der Waals surface area (Å²) in [6.07, 6.45) is 7.44. The van der Waals surface area contributed by atoms with Gasteiger partial charge in [0.15, 0.2) is 0 Å². The summed E-state index contributed by atoms with van der Waals surface area (Å²) < 4.78 is 0. The highest BCUT2D eigenvalue weighted by atomic mass is 16.3. The third-order valence-corrected chi connectivity index (χ3v) is 1.52. The maximum absolute atomic E-state index is 8.94. The summed E-state index contributed by atoms with van der Waals surface area (Å²) in [5, 5.41) is 17.4. The Morgan fingerprint density at radius 1 is 1.36 bits per heavy atom. The normalized spacial score (nSPS) is 14.1. The maximum atomic E-state index is 8.94. The molecule has 0 rings (SSSR count). The summed E-state index contributed by atoms with van der Waals surface area (Å²) in [6.45, 7) is 1.98. The van der Waals surface area contributed by atoms with E-state index < -0.39 is 6.10 Å². The predicted octanol–water partition coefficient (Wildman–Crippen LogP) is 1.48. The molecule has 0 spiro atoms. The van der Waals surface area contributed by atoms with E-state index in [1.807, 2.05) is 0 Å². The van der Waals surface area contributed by atoms with Gasteiger partial charge in [-0.15, -0.1) is 0 Å². The van der Waals surface area contributed by atoms with Gasteiger partial charge in [0.2, 0.25) is 0 Å². The van der Waals surface area contributed by atoms with Crippen LogP contribution in [0.25, 0.3) is 0 Å². The molecular weight excluding hydrogens is 140 g/mol. The van der Waals surface area contributed by atoms with Gasteiger partial charge in [-0.3, -0.25) is 0 Å². The van der Waals surface area contributed by atoms with Gasteiger partial charge in [-0.05, 0) is 25.7 Å². The SMILES string of the molecule is CC/C=C\CCC[C@H](O)CO. The summed E-state index contributed by atoms with van der Waals surface area (Å²) in [4.78, 5) is 0. The minimum absolute atomic E-state index is 0.114. The van der Waals surface area contributed by atoms with Crippen molar-refractivity contribution in [1.82, 2.24) is 0 Å². The van der Waals surface area contributed by atoms with Crippen molar-refractivity contribution in [2.75, 3.05) is 6.61 Å². The average Bonchev–Trinajstić information content (AvgIpc) is 2.04. The fourth-order valence-electron chi connectivity index (χ4n) is 0.847. The Balaban J connectivity index is 3.07. The third kappa shape index (κ3) is 7.56. The van der Waals surface area contributed by atoms with E-state index in [-0.39, 0.29) is 6.61 Å². The van der Waals surface area contributed by atoms with Gasteiger partial charge in [-0.2, -0.15) is 0 Å². The van der Waals surface area contributed by atoms with E-state index in [9.17, 15) is 0 Å². The van der Waals surface area contributed by atoms with Crippen LogP contribution in [0.5, 0.6) is 0 Å². The highest BCUT2D eigenvalue weighted by Gasteiger charge is 1.98. The van der Waals surface area contributed by atoms with E-state index in [2.05, 4.69) is 19.1 Å². The number of rotatable bonds is 6. The molecule has 2 nitrogen and oxygen atoms in total. The van der Waals surface area contributed by atoms with Crippen molar-refractivity contribution < 1.29 is 10.2 Å². The minimum Gasteiger partial charge on any atom is -0.394 e. The summed E-state index contributed by atoms with van der Waals surface area (Å²) in [7, 11) is 0. The van der Waals surface area contributed by atoms with Crippen LogP contribution in [0.4, 0.5) is 0 Å². The van der Waals surface area contributed by atoms with Gasteiger partial charge >= 0.3 is 0 Å². The van der Waals surface area contributed by atoms with Crippen LogP contribution in [0, 0.1) is 0 Å². The highest BCUT2D eigenvalue weighted by Crippen LogP contribution is 2.01. The van der Waals surface area contributed by atoms with Crippen molar-refractivity contribution in [2.24, 2.45) is 0 Å². The maximum Gasteiger partial charge on any atom is 0.0771 e. The van der Waals surface area contributed by atoms with Crippen molar-refractivity contribution >= 4 is 0 Å². The first kappa shape index (κ1) is 10.7. The lowest BCUT2D eigenvalue weighted by molar-refractivity contribution is 0.0868. The summed E-state index contributed by atoms with van der Waals surface area (Å²) in [5.74, 6) is 0. The second-order valence-electron chi connectivity index (χ2n) is 2.65. The van der Waals surface area contributed by atoms with Crippen molar-refractivity contribution in [3.63, 3.8) is 0 Å². The quantitative estimate of drug-likeness (QED) is 0.454. The third-order valence-electron chi connectivity index (χ3n) is 1.52. The molecule has 0 heterocycles. The number of hydrogen-bond acceptors (Lipinski definition) is 2. The molecule has 1 atom stereocenters. The molecule has 2 N–H and O–H groups in total. The van der Waals surface area contributed by atoms with Crippen LogP contribution in [0.1, 0.15) is 32.6 Å². The van der Waals surface area contributed by atoms with Gasteiger partial charge in [0.25, 0.3) is 0 Å². The Morgan fingerprint density at radius 3 is 2.64 bits per heavy atom. The van der Waals surface area contributed by atoms with Crippen LogP contribution in [-0.4, -0.2) is 22.9 Å². The van der Waals surface area contributed by atoms with E-state index in [0.717, 1.165) is 19.3 Å². The summed E-state index contributed by atoms with van der Waals surface area (Å²) >= 11 is 0. The van der Waals surface area contributed by atoms with Gasteiger partial charge in [0.1, 0.15) is 0 Å². The van der Waals surface area contributed by atoms with Gasteiger partial charge < -0.3 is 10.2 Å². The van der Waals surface area contributed by atoms with Gasteiger partial charge in [-0.25, -0.2) is 0 Å². The largest absolute Gasteiger partial charge is 0.394 e. The molecule has 11 heavy (non-hydrogen) atoms. The first-order chi connectivity index (χ1) is 5.31. The topological polar surface area (TPSA) is 40.5 Å². The number of aliphatic hydroxyl groups is 2. The molecule has 0 amide bonds. The molecular formula is C9H18O2. The highest BCUT2D eigenvalue weighted by molar-refractivity contribution is 4.79. The van der Waals surface area contributed by atoms with Gasteiger partial charge in [0, 0.05) is 0 Å². The van der Waals surface area contributed by atoms with Crippen LogP contribution < -0.4 is 0 Å². The molecule has 0 aromatic heterocycles. The second kappa shape index (κ2) is 7.76. The average molecular weight is 158 g/mol. The zero-order chi connectivity index (χ0) is 8.53. The molecule has 0 aliphatic carbocycles. The van der Waals surface area contributed by atoms with E-state index in [0.29, 0.717) is 6.42 Å². The van der Waals surface area contributed by atoms with Gasteiger partial charge in [0.05, 0.1) is 12.7 Å². The predicted molar refractivity (Wildman–Crippen MR) is 46.4 cm³/mol. The Labute approximate surface area is 68.6 Å². The molecule has 0 saturated heterocycles. The number of hydrogen-bond donors (Lipinski definition) is 2. The number of unbranched alkanes of at least 4 members (excludes halogenated alkanes) is 1. The van der Waals surface area contributed by atoms with E-state index in [1.165, 1.54) is 0 Å². The summed E-state index contributed by atoms with van der Waals surface area (Å²) in [6, 6.07) is 0. The zero-order valence-electron chi connectivity index (χ0n) is 7.16. The number of aliphatic hydroxyl groups excluding tert-OH is 2. The van der Waals surface area contributed by atoms with Crippen LogP contribution in [0.3, 0.4) is 0 Å². The van der Waals surface area contributed by atoms with Crippen molar-refractivity contribution in [1.29, 1.82) is 0 Å². The van der Waals surface area contributed by atoms with Crippen LogP contribution in [0.2, 0.25) is 0 Å². The first-order valence-corrected chi connectivity index (χ1v) is 4.25. The Morgan fingerprint density at radius 2 is 2.09 bits per heavy atom. The molecule has 66 valence electrons. The Bertz CT molecular complexity index is 99.7. The number of allylic oxidation sites excluding steroid dienone is 2. The van der Waals surface area contributed by atoms with Crippen molar-refractivity contribution in [3.05, 3.63) is 12.2 Å². The monoisotopic (exact) mass is 158 g/mol. The molecule has 0 fully saturated rings. The molecule has 0 aromatic carbocycles. The Kier molecular flexibility index (Phi) is 7.52. The van der Waals surface area contributed by atoms with E-state index >= 15 is 0 Å². The lowest BCUT2D eigenvalue weighted by atomic mass is 10.1. The smallest absolute Gasteiger partial charge is 0.0771 e. The molecule has 0 aliphatic heterocycles. The standard InChI is InChI=1S/C9H18O2/c1-2-3-4-5-6-7-9(11)8-10/h3-4,9-11H,2,5-8H2,1H3/b4-3-/t9-/m0/s1. The molecule has 0 aromatic rings. The van der Waals surface area contributed by atoms with Crippen molar-refractivity contribution in [3.8, 4) is 0 Å². The fourth-order valence-corrected chi connectivity index (χ4v) is 0.847. The van der Waals surface area contributed by atoms with Crippen LogP contribution in [-0.2, 0) is 0 Å². The van der Waals surface area contributed by atoms with E-state index in [1.54, 1.807) is 0 Å². The van der Waals surface area contributed by atoms with Crippen LogP contribution >= 0.6 is 0 Å². The zero-order valence-corrected chi connectivity index (χ0v) is 7.16. The first-order valence-electron chi connectivity index (χ1n) is 4.25. The molecule has 0 unspecified atom stereocenters. The molecule has 0 bridgehead atoms. The second-order valence-corrected chi connectivity index (χ2v) is 2.65.